The summed E-state index contributed by atoms with van der Waals surface area (Å²) in [6.07, 6.45) is 3.43. The van der Waals surface area contributed by atoms with E-state index in [1.807, 2.05) is 4.90 Å². The lowest BCUT2D eigenvalue weighted by atomic mass is 9.98. The summed E-state index contributed by atoms with van der Waals surface area (Å²) < 4.78 is 0. The first-order valence-corrected chi connectivity index (χ1v) is 7.54. The Morgan fingerprint density at radius 1 is 1.30 bits per heavy atom. The number of aliphatic hydroxyl groups excluding tert-OH is 1. The van der Waals surface area contributed by atoms with Crippen LogP contribution in [-0.2, 0) is 11.2 Å². The number of aryl methyl sites for hydroxylation is 3. The fourth-order valence-electron chi connectivity index (χ4n) is 3.06. The second kappa shape index (κ2) is 6.89. The minimum atomic E-state index is 0.195. The molecule has 0 bridgehead atoms. The molecule has 1 heterocycles. The monoisotopic (exact) mass is 275 g/mol. The van der Waals surface area contributed by atoms with Crippen LogP contribution < -0.4 is 0 Å². The number of nitrogens with zero attached hydrogens (tertiary/aromatic N) is 1. The van der Waals surface area contributed by atoms with Crippen molar-refractivity contribution in [2.24, 2.45) is 5.92 Å². The number of likely N-dealkylation sites (tertiary alicyclic amines) is 1. The number of benzene rings is 1. The lowest BCUT2D eigenvalue weighted by Gasteiger charge is -2.32. The van der Waals surface area contributed by atoms with E-state index in [0.29, 0.717) is 6.42 Å². The van der Waals surface area contributed by atoms with Gasteiger partial charge in [-0.05, 0) is 44.6 Å². The zero-order chi connectivity index (χ0) is 14.5. The number of hydrogen-bond acceptors (Lipinski definition) is 2. The standard InChI is InChI=1S/C17H25NO2/c1-13-8-14(2)10-15(9-13)5-6-17(20)18-7-3-4-16(11-18)12-19/h8-10,16,19H,3-7,11-12H2,1-2H3. The van der Waals surface area contributed by atoms with Gasteiger partial charge >= 0.3 is 0 Å². The topological polar surface area (TPSA) is 40.5 Å². The van der Waals surface area contributed by atoms with E-state index in [9.17, 15) is 9.90 Å². The molecule has 1 saturated heterocycles. The molecule has 1 aromatic rings. The van der Waals surface area contributed by atoms with Crippen LogP contribution in [0.2, 0.25) is 0 Å². The van der Waals surface area contributed by atoms with E-state index in [1.165, 1.54) is 16.7 Å². The fraction of sp³-hybridized carbons (Fsp3) is 0.588. The molecule has 1 fully saturated rings. The third-order valence-corrected chi connectivity index (χ3v) is 4.04. The maximum absolute atomic E-state index is 12.2. The maximum Gasteiger partial charge on any atom is 0.222 e. The van der Waals surface area contributed by atoms with Crippen molar-refractivity contribution >= 4 is 5.91 Å². The van der Waals surface area contributed by atoms with Crippen LogP contribution in [0.15, 0.2) is 18.2 Å². The first-order valence-electron chi connectivity index (χ1n) is 7.54. The molecular formula is C17H25NO2. The molecule has 20 heavy (non-hydrogen) atoms. The zero-order valence-electron chi connectivity index (χ0n) is 12.6. The van der Waals surface area contributed by atoms with Gasteiger partial charge in [0.15, 0.2) is 0 Å². The molecule has 0 radical (unpaired) electrons. The third kappa shape index (κ3) is 4.07. The molecule has 1 unspecified atom stereocenters. The minimum Gasteiger partial charge on any atom is -0.396 e. The van der Waals surface area contributed by atoms with Gasteiger partial charge in [-0.3, -0.25) is 4.79 Å². The second-order valence-electron chi connectivity index (χ2n) is 6.03. The SMILES string of the molecule is Cc1cc(C)cc(CCC(=O)N2CCCC(CO)C2)c1. The largest absolute Gasteiger partial charge is 0.396 e. The molecule has 0 saturated carbocycles. The van der Waals surface area contributed by atoms with Crippen LogP contribution in [0, 0.1) is 19.8 Å². The van der Waals surface area contributed by atoms with Gasteiger partial charge in [-0.1, -0.05) is 29.3 Å². The van der Waals surface area contributed by atoms with Gasteiger partial charge in [-0.25, -0.2) is 0 Å². The van der Waals surface area contributed by atoms with E-state index in [2.05, 4.69) is 32.0 Å². The van der Waals surface area contributed by atoms with E-state index < -0.39 is 0 Å². The lowest BCUT2D eigenvalue weighted by Crippen LogP contribution is -2.41. The van der Waals surface area contributed by atoms with Crippen LogP contribution in [0.3, 0.4) is 0 Å². The highest BCUT2D eigenvalue weighted by Crippen LogP contribution is 2.17. The van der Waals surface area contributed by atoms with E-state index in [0.717, 1.165) is 32.4 Å². The molecule has 1 amide bonds. The Morgan fingerprint density at radius 3 is 2.65 bits per heavy atom. The lowest BCUT2D eigenvalue weighted by molar-refractivity contribution is -0.133. The Kier molecular flexibility index (Phi) is 5.18. The molecule has 0 spiro atoms. The van der Waals surface area contributed by atoms with Gasteiger partial charge in [0.2, 0.25) is 5.91 Å². The number of carbonyl (C=O) groups excluding carboxylic acids is 1. The van der Waals surface area contributed by atoms with Crippen molar-refractivity contribution in [3.8, 4) is 0 Å². The van der Waals surface area contributed by atoms with Crippen molar-refractivity contribution < 1.29 is 9.90 Å². The summed E-state index contributed by atoms with van der Waals surface area (Å²) in [4.78, 5) is 14.2. The molecule has 0 aromatic heterocycles. The molecule has 1 aliphatic heterocycles. The Labute approximate surface area is 121 Å². The molecule has 0 aliphatic carbocycles. The Morgan fingerprint density at radius 2 is 2.00 bits per heavy atom. The van der Waals surface area contributed by atoms with Crippen molar-refractivity contribution in [1.82, 2.24) is 4.90 Å². The number of piperidine rings is 1. The average molecular weight is 275 g/mol. The van der Waals surface area contributed by atoms with Crippen LogP contribution in [-0.4, -0.2) is 35.6 Å². The molecule has 1 N–H and O–H groups in total. The number of aliphatic hydroxyl groups is 1. The quantitative estimate of drug-likeness (QED) is 0.917. The molecule has 2 rings (SSSR count). The fourth-order valence-corrected chi connectivity index (χ4v) is 3.06. The normalized spacial score (nSPS) is 19.1. The zero-order valence-corrected chi connectivity index (χ0v) is 12.6. The van der Waals surface area contributed by atoms with Gasteiger partial charge in [0.05, 0.1) is 0 Å². The number of hydrogen-bond donors (Lipinski definition) is 1. The highest BCUT2D eigenvalue weighted by atomic mass is 16.3. The summed E-state index contributed by atoms with van der Waals surface area (Å²) in [6.45, 7) is 5.95. The van der Waals surface area contributed by atoms with Crippen molar-refractivity contribution in [2.75, 3.05) is 19.7 Å². The van der Waals surface area contributed by atoms with E-state index in [-0.39, 0.29) is 18.4 Å². The highest BCUT2D eigenvalue weighted by molar-refractivity contribution is 5.76. The second-order valence-corrected chi connectivity index (χ2v) is 6.03. The van der Waals surface area contributed by atoms with Crippen LogP contribution in [0.5, 0.6) is 0 Å². The average Bonchev–Trinajstić information content (AvgIpc) is 2.44. The first kappa shape index (κ1) is 15.0. The summed E-state index contributed by atoms with van der Waals surface area (Å²) in [7, 11) is 0. The van der Waals surface area contributed by atoms with Crippen molar-refractivity contribution in [3.63, 3.8) is 0 Å². The van der Waals surface area contributed by atoms with Gasteiger partial charge in [0.25, 0.3) is 0 Å². The summed E-state index contributed by atoms with van der Waals surface area (Å²) in [5.74, 6) is 0.497. The van der Waals surface area contributed by atoms with Gasteiger partial charge in [-0.2, -0.15) is 0 Å². The number of carbonyl (C=O) groups is 1. The van der Waals surface area contributed by atoms with Gasteiger partial charge in [0, 0.05) is 26.1 Å². The highest BCUT2D eigenvalue weighted by Gasteiger charge is 2.22. The first-order chi connectivity index (χ1) is 9.58. The van der Waals surface area contributed by atoms with Crippen LogP contribution >= 0.6 is 0 Å². The van der Waals surface area contributed by atoms with Crippen LogP contribution in [0.1, 0.15) is 36.0 Å². The molecule has 1 atom stereocenters. The van der Waals surface area contributed by atoms with Gasteiger partial charge in [0.1, 0.15) is 0 Å². The summed E-state index contributed by atoms with van der Waals surface area (Å²) >= 11 is 0. The molecule has 3 nitrogen and oxygen atoms in total. The summed E-state index contributed by atoms with van der Waals surface area (Å²) in [5, 5.41) is 9.22. The van der Waals surface area contributed by atoms with E-state index in [1.54, 1.807) is 0 Å². The summed E-state index contributed by atoms with van der Waals surface area (Å²) in [6, 6.07) is 6.47. The number of amides is 1. The third-order valence-electron chi connectivity index (χ3n) is 4.04. The van der Waals surface area contributed by atoms with E-state index in [4.69, 9.17) is 0 Å². The predicted molar refractivity (Wildman–Crippen MR) is 80.6 cm³/mol. The Balaban J connectivity index is 1.88. The van der Waals surface area contributed by atoms with Crippen molar-refractivity contribution in [2.45, 2.75) is 39.5 Å². The van der Waals surface area contributed by atoms with E-state index >= 15 is 0 Å². The molecule has 1 aliphatic rings. The molecular weight excluding hydrogens is 250 g/mol. The Bertz CT molecular complexity index is 450. The molecule has 110 valence electrons. The van der Waals surface area contributed by atoms with Gasteiger partial charge in [-0.15, -0.1) is 0 Å². The maximum atomic E-state index is 12.2. The summed E-state index contributed by atoms with van der Waals surface area (Å²) in [5.41, 5.74) is 3.75. The predicted octanol–water partition coefficient (Wildman–Crippen LogP) is 2.47. The minimum absolute atomic E-state index is 0.195. The van der Waals surface area contributed by atoms with Crippen molar-refractivity contribution in [1.29, 1.82) is 0 Å². The molecule has 3 heteroatoms. The van der Waals surface area contributed by atoms with Crippen LogP contribution in [0.4, 0.5) is 0 Å². The molecule has 1 aromatic carbocycles. The van der Waals surface area contributed by atoms with Crippen LogP contribution in [0.25, 0.3) is 0 Å². The Hall–Kier alpha value is -1.35. The van der Waals surface area contributed by atoms with Gasteiger partial charge < -0.3 is 10.0 Å². The smallest absolute Gasteiger partial charge is 0.222 e. The van der Waals surface area contributed by atoms with Crippen molar-refractivity contribution in [3.05, 3.63) is 34.9 Å². The number of rotatable bonds is 4.